The van der Waals surface area contributed by atoms with E-state index < -0.39 is 40.8 Å². The molecule has 94 valence electrons. The molecule has 0 saturated heterocycles. The molecule has 0 spiro atoms. The minimum Gasteiger partial charge on any atom is -0.398 e. The van der Waals surface area contributed by atoms with Gasteiger partial charge in [-0.2, -0.15) is 13.2 Å². The minimum absolute atomic E-state index is 0.665. The molecule has 2 nitrogen and oxygen atoms in total. The molecule has 1 rings (SSSR count). The molecule has 7 heteroatoms. The Morgan fingerprint density at radius 3 is 2.18 bits per heavy atom. The predicted octanol–water partition coefficient (Wildman–Crippen LogP) is 3.43. The number of anilines is 1. The van der Waals surface area contributed by atoms with Crippen molar-refractivity contribution in [1.29, 1.82) is 0 Å². The number of rotatable bonds is 2. The highest BCUT2D eigenvalue weighted by atomic mass is 19.4. The van der Waals surface area contributed by atoms with Crippen LogP contribution in [0.5, 0.6) is 0 Å². The second kappa shape index (κ2) is 4.31. The van der Waals surface area contributed by atoms with Gasteiger partial charge >= 0.3 is 6.18 Å². The molecular formula is C10H8F5NO. The molecule has 0 heterocycles. The fraction of sp³-hybridized carbons (Fsp3) is 0.300. The van der Waals surface area contributed by atoms with Gasteiger partial charge in [-0.1, -0.05) is 0 Å². The molecular weight excluding hydrogens is 245 g/mol. The average molecular weight is 253 g/mol. The van der Waals surface area contributed by atoms with Crippen LogP contribution >= 0.6 is 0 Å². The van der Waals surface area contributed by atoms with Gasteiger partial charge in [0, 0.05) is 16.8 Å². The number of carbonyl (C=O) groups is 1. The Morgan fingerprint density at radius 1 is 1.29 bits per heavy atom. The lowest BCUT2D eigenvalue weighted by atomic mass is 9.97. The SMILES string of the molecule is CC(=O)c1ccc(N)c(C(F)(F)F)c1C(F)F. The Morgan fingerprint density at radius 2 is 1.82 bits per heavy atom. The summed E-state index contributed by atoms with van der Waals surface area (Å²) in [6.45, 7) is 0.914. The quantitative estimate of drug-likeness (QED) is 0.498. The third kappa shape index (κ3) is 2.54. The van der Waals surface area contributed by atoms with Gasteiger partial charge in [0.25, 0.3) is 6.43 Å². The molecule has 2 N–H and O–H groups in total. The van der Waals surface area contributed by atoms with Gasteiger partial charge in [0.05, 0.1) is 5.56 Å². The van der Waals surface area contributed by atoms with Crippen molar-refractivity contribution in [3.63, 3.8) is 0 Å². The number of alkyl halides is 5. The van der Waals surface area contributed by atoms with E-state index in [4.69, 9.17) is 5.73 Å². The summed E-state index contributed by atoms with van der Waals surface area (Å²) in [5.41, 5.74) is 0.568. The first-order valence-corrected chi connectivity index (χ1v) is 4.45. The van der Waals surface area contributed by atoms with E-state index in [1.54, 1.807) is 0 Å². The Balaban J connectivity index is 3.67. The van der Waals surface area contributed by atoms with Crippen molar-refractivity contribution in [2.45, 2.75) is 19.5 Å². The van der Waals surface area contributed by atoms with E-state index in [1.165, 1.54) is 0 Å². The van der Waals surface area contributed by atoms with Crippen LogP contribution in [0.25, 0.3) is 0 Å². The summed E-state index contributed by atoms with van der Waals surface area (Å²) in [6.07, 6.45) is -8.45. The summed E-state index contributed by atoms with van der Waals surface area (Å²) in [4.78, 5) is 11.0. The number of hydrogen-bond donors (Lipinski definition) is 1. The number of benzene rings is 1. The lowest BCUT2D eigenvalue weighted by Gasteiger charge is -2.17. The number of hydrogen-bond acceptors (Lipinski definition) is 2. The molecule has 0 saturated carbocycles. The molecule has 1 aromatic carbocycles. The van der Waals surface area contributed by atoms with Crippen LogP contribution in [-0.2, 0) is 6.18 Å². The van der Waals surface area contributed by atoms with E-state index in [0.717, 1.165) is 19.1 Å². The first-order chi connectivity index (χ1) is 7.66. The fourth-order valence-electron chi connectivity index (χ4n) is 1.49. The zero-order valence-corrected chi connectivity index (χ0v) is 8.61. The van der Waals surface area contributed by atoms with Crippen molar-refractivity contribution in [3.8, 4) is 0 Å². The molecule has 0 atom stereocenters. The number of halogens is 5. The monoisotopic (exact) mass is 253 g/mol. The first kappa shape index (κ1) is 13.4. The van der Waals surface area contributed by atoms with Gasteiger partial charge < -0.3 is 5.73 Å². The smallest absolute Gasteiger partial charge is 0.398 e. The topological polar surface area (TPSA) is 43.1 Å². The van der Waals surface area contributed by atoms with Crippen LogP contribution in [0.15, 0.2) is 12.1 Å². The molecule has 0 aliphatic rings. The fourth-order valence-corrected chi connectivity index (χ4v) is 1.49. The predicted molar refractivity (Wildman–Crippen MR) is 50.8 cm³/mol. The minimum atomic E-state index is -5.03. The summed E-state index contributed by atoms with van der Waals surface area (Å²) < 4.78 is 63.1. The number of carbonyl (C=O) groups excluding carboxylic acids is 1. The average Bonchev–Trinajstić information content (AvgIpc) is 2.14. The molecule has 0 bridgehead atoms. The van der Waals surface area contributed by atoms with E-state index in [2.05, 4.69) is 0 Å². The molecule has 0 fully saturated rings. The lowest BCUT2D eigenvalue weighted by molar-refractivity contribution is -0.138. The van der Waals surface area contributed by atoms with Crippen molar-refractivity contribution in [2.24, 2.45) is 0 Å². The van der Waals surface area contributed by atoms with Crippen LogP contribution in [-0.4, -0.2) is 5.78 Å². The molecule has 0 aliphatic heterocycles. The maximum absolute atomic E-state index is 12.7. The van der Waals surface area contributed by atoms with Crippen molar-refractivity contribution in [3.05, 3.63) is 28.8 Å². The molecule has 0 aliphatic carbocycles. The molecule has 0 amide bonds. The Kier molecular flexibility index (Phi) is 3.40. The lowest BCUT2D eigenvalue weighted by Crippen LogP contribution is -2.16. The van der Waals surface area contributed by atoms with Crippen LogP contribution in [0, 0.1) is 0 Å². The molecule has 0 aromatic heterocycles. The number of ketones is 1. The Bertz CT molecular complexity index is 453. The molecule has 0 unspecified atom stereocenters. The van der Waals surface area contributed by atoms with Crippen LogP contribution in [0.3, 0.4) is 0 Å². The largest absolute Gasteiger partial charge is 0.418 e. The van der Waals surface area contributed by atoms with Gasteiger partial charge in [-0.15, -0.1) is 0 Å². The van der Waals surface area contributed by atoms with Gasteiger partial charge in [-0.25, -0.2) is 8.78 Å². The molecule has 1 aromatic rings. The van der Waals surface area contributed by atoms with Crippen molar-refractivity contribution >= 4 is 11.5 Å². The van der Waals surface area contributed by atoms with Crippen LogP contribution in [0.2, 0.25) is 0 Å². The third-order valence-corrected chi connectivity index (χ3v) is 2.16. The van der Waals surface area contributed by atoms with E-state index >= 15 is 0 Å². The van der Waals surface area contributed by atoms with Crippen molar-refractivity contribution in [1.82, 2.24) is 0 Å². The zero-order valence-electron chi connectivity index (χ0n) is 8.61. The van der Waals surface area contributed by atoms with E-state index in [9.17, 15) is 26.7 Å². The van der Waals surface area contributed by atoms with E-state index in [1.807, 2.05) is 0 Å². The summed E-state index contributed by atoms with van der Waals surface area (Å²) in [7, 11) is 0. The molecule has 17 heavy (non-hydrogen) atoms. The van der Waals surface area contributed by atoms with Crippen LogP contribution in [0.1, 0.15) is 34.8 Å². The second-order valence-electron chi connectivity index (χ2n) is 3.35. The number of nitrogen functional groups attached to an aromatic ring is 1. The van der Waals surface area contributed by atoms with E-state index in [0.29, 0.717) is 0 Å². The van der Waals surface area contributed by atoms with Gasteiger partial charge in [-0.3, -0.25) is 4.79 Å². The standard InChI is InChI=1S/C10H8F5NO/c1-4(17)5-2-3-6(16)8(10(13,14)15)7(5)9(11)12/h2-3,9H,16H2,1H3. The summed E-state index contributed by atoms with van der Waals surface area (Å²) >= 11 is 0. The highest BCUT2D eigenvalue weighted by Crippen LogP contribution is 2.41. The first-order valence-electron chi connectivity index (χ1n) is 4.45. The van der Waals surface area contributed by atoms with Gasteiger partial charge in [0.2, 0.25) is 0 Å². The maximum Gasteiger partial charge on any atom is 0.418 e. The highest BCUT2D eigenvalue weighted by Gasteiger charge is 2.39. The number of Topliss-reactive ketones (excluding diaryl/α,β-unsaturated/α-hetero) is 1. The zero-order chi connectivity index (χ0) is 13.4. The second-order valence-corrected chi connectivity index (χ2v) is 3.35. The van der Waals surface area contributed by atoms with E-state index in [-0.39, 0.29) is 0 Å². The number of nitrogens with two attached hydrogens (primary N) is 1. The maximum atomic E-state index is 12.7. The third-order valence-electron chi connectivity index (χ3n) is 2.16. The van der Waals surface area contributed by atoms with Crippen molar-refractivity contribution in [2.75, 3.05) is 5.73 Å². The van der Waals surface area contributed by atoms with Crippen molar-refractivity contribution < 1.29 is 26.7 Å². The summed E-state index contributed by atoms with van der Waals surface area (Å²) in [6, 6.07) is 1.67. The molecule has 0 radical (unpaired) electrons. The van der Waals surface area contributed by atoms with Crippen LogP contribution in [0.4, 0.5) is 27.6 Å². The van der Waals surface area contributed by atoms with Gasteiger partial charge in [0.15, 0.2) is 5.78 Å². The summed E-state index contributed by atoms with van der Waals surface area (Å²) in [5.74, 6) is -0.870. The normalized spacial score (nSPS) is 11.9. The van der Waals surface area contributed by atoms with Crippen LogP contribution < -0.4 is 5.73 Å². The highest BCUT2D eigenvalue weighted by molar-refractivity contribution is 5.96. The van der Waals surface area contributed by atoms with Gasteiger partial charge in [0.1, 0.15) is 0 Å². The Labute approximate surface area is 93.2 Å². The Hall–Kier alpha value is -1.66. The summed E-state index contributed by atoms with van der Waals surface area (Å²) in [5, 5.41) is 0. The van der Waals surface area contributed by atoms with Gasteiger partial charge in [-0.05, 0) is 19.1 Å².